The van der Waals surface area contributed by atoms with Crippen LogP contribution in [0.3, 0.4) is 0 Å². The Kier molecular flexibility index (Phi) is 5.66. The van der Waals surface area contributed by atoms with Crippen LogP contribution >= 0.6 is 11.8 Å². The third-order valence-corrected chi connectivity index (χ3v) is 6.48. The van der Waals surface area contributed by atoms with Gasteiger partial charge in [0.1, 0.15) is 0 Å². The number of nitrogens with one attached hydrogen (secondary N) is 1. The van der Waals surface area contributed by atoms with Gasteiger partial charge >= 0.3 is 0 Å². The highest BCUT2D eigenvalue weighted by molar-refractivity contribution is 8.14. The highest BCUT2D eigenvalue weighted by Gasteiger charge is 2.31. The molecule has 2 fully saturated rings. The van der Waals surface area contributed by atoms with E-state index >= 15 is 0 Å². The summed E-state index contributed by atoms with van der Waals surface area (Å²) in [5.74, 6) is 0.591. The number of carbonyl (C=O) groups excluding carboxylic acids is 2. The summed E-state index contributed by atoms with van der Waals surface area (Å²) < 4.78 is 0. The largest absolute Gasteiger partial charge is 0.360 e. The van der Waals surface area contributed by atoms with Gasteiger partial charge < -0.3 is 15.1 Å². The second kappa shape index (κ2) is 8.33. The van der Waals surface area contributed by atoms with E-state index < -0.39 is 0 Å². The molecule has 27 heavy (non-hydrogen) atoms. The maximum absolute atomic E-state index is 12.5. The van der Waals surface area contributed by atoms with Gasteiger partial charge in [-0.3, -0.25) is 14.6 Å². The van der Waals surface area contributed by atoms with Crippen molar-refractivity contribution in [3.63, 3.8) is 0 Å². The molecule has 0 spiro atoms. The smallest absolute Gasteiger partial charge is 0.253 e. The minimum absolute atomic E-state index is 0.0455. The molecule has 0 bridgehead atoms. The summed E-state index contributed by atoms with van der Waals surface area (Å²) in [6, 6.07) is 10.2. The molecule has 144 valence electrons. The van der Waals surface area contributed by atoms with Crippen molar-refractivity contribution in [3.05, 3.63) is 35.9 Å². The van der Waals surface area contributed by atoms with E-state index in [1.54, 1.807) is 0 Å². The minimum atomic E-state index is 0.0455. The van der Waals surface area contributed by atoms with Crippen molar-refractivity contribution in [1.82, 2.24) is 15.1 Å². The van der Waals surface area contributed by atoms with Gasteiger partial charge in [-0.25, -0.2) is 0 Å². The number of piperazine rings is 1. The summed E-state index contributed by atoms with van der Waals surface area (Å²) in [4.78, 5) is 33.5. The molecule has 2 atom stereocenters. The molecule has 1 saturated carbocycles. The molecule has 7 heteroatoms. The van der Waals surface area contributed by atoms with Crippen LogP contribution in [0.15, 0.2) is 35.3 Å². The topological polar surface area (TPSA) is 65.0 Å². The molecular formula is C20H26N4O2S. The number of amides is 2. The average Bonchev–Trinajstić information content (AvgIpc) is 3.15. The van der Waals surface area contributed by atoms with Gasteiger partial charge in [0.05, 0.1) is 17.8 Å². The maximum Gasteiger partial charge on any atom is 0.253 e. The van der Waals surface area contributed by atoms with E-state index in [-0.39, 0.29) is 11.8 Å². The Hall–Kier alpha value is -2.02. The van der Waals surface area contributed by atoms with Crippen molar-refractivity contribution in [3.8, 4) is 0 Å². The summed E-state index contributed by atoms with van der Waals surface area (Å²) in [6.45, 7) is 2.38. The fourth-order valence-corrected chi connectivity index (χ4v) is 4.89. The number of hydrogen-bond acceptors (Lipinski definition) is 5. The quantitative estimate of drug-likeness (QED) is 0.863. The van der Waals surface area contributed by atoms with Crippen molar-refractivity contribution in [2.24, 2.45) is 4.99 Å². The predicted molar refractivity (Wildman–Crippen MR) is 108 cm³/mol. The fraction of sp³-hybridized carbons (Fsp3) is 0.550. The zero-order valence-electron chi connectivity index (χ0n) is 15.5. The first-order valence-electron chi connectivity index (χ1n) is 9.80. The molecule has 1 aliphatic carbocycles. The van der Waals surface area contributed by atoms with E-state index in [1.165, 1.54) is 31.0 Å². The lowest BCUT2D eigenvalue weighted by molar-refractivity contribution is -0.129. The molecule has 2 heterocycles. The molecule has 0 radical (unpaired) electrons. The Morgan fingerprint density at radius 1 is 1.04 bits per heavy atom. The Morgan fingerprint density at radius 2 is 1.74 bits per heavy atom. The Labute approximate surface area is 164 Å². The van der Waals surface area contributed by atoms with Crippen LogP contribution in [0.1, 0.15) is 36.0 Å². The van der Waals surface area contributed by atoms with Gasteiger partial charge in [-0.05, 0) is 25.0 Å². The predicted octanol–water partition coefficient (Wildman–Crippen LogP) is 1.97. The van der Waals surface area contributed by atoms with Gasteiger partial charge in [0, 0.05) is 31.7 Å². The molecule has 1 aromatic rings. The van der Waals surface area contributed by atoms with E-state index in [0.717, 1.165) is 11.6 Å². The number of nitrogens with zero attached hydrogens (tertiary/aromatic N) is 3. The lowest BCUT2D eigenvalue weighted by Gasteiger charge is -2.34. The van der Waals surface area contributed by atoms with Gasteiger partial charge in [0.25, 0.3) is 5.91 Å². The Balaban J connectivity index is 1.23. The SMILES string of the molecule is O=C(CSC1=N[C@H]2CCCC[C@@H]2N1)N1CCN(C(=O)c2ccccc2)CC1. The first-order valence-corrected chi connectivity index (χ1v) is 10.8. The van der Waals surface area contributed by atoms with E-state index in [4.69, 9.17) is 4.99 Å². The first kappa shape index (κ1) is 18.3. The number of benzene rings is 1. The zero-order valence-corrected chi connectivity index (χ0v) is 16.3. The number of amidine groups is 1. The monoisotopic (exact) mass is 386 g/mol. The normalized spacial score (nSPS) is 24.8. The van der Waals surface area contributed by atoms with Crippen molar-refractivity contribution >= 4 is 28.7 Å². The number of rotatable bonds is 3. The van der Waals surface area contributed by atoms with Crippen LogP contribution in [0.5, 0.6) is 0 Å². The molecule has 2 aliphatic heterocycles. The van der Waals surface area contributed by atoms with Crippen molar-refractivity contribution < 1.29 is 9.59 Å². The fourth-order valence-electron chi connectivity index (χ4n) is 4.00. The second-order valence-electron chi connectivity index (χ2n) is 7.36. The number of thioether (sulfide) groups is 1. The summed E-state index contributed by atoms with van der Waals surface area (Å²) in [6.07, 6.45) is 4.87. The minimum Gasteiger partial charge on any atom is -0.360 e. The summed E-state index contributed by atoms with van der Waals surface area (Å²) >= 11 is 1.52. The Bertz CT molecular complexity index is 716. The second-order valence-corrected chi connectivity index (χ2v) is 8.33. The highest BCUT2D eigenvalue weighted by Crippen LogP contribution is 2.27. The maximum atomic E-state index is 12.5. The molecule has 4 rings (SSSR count). The van der Waals surface area contributed by atoms with Crippen molar-refractivity contribution in [2.75, 3.05) is 31.9 Å². The van der Waals surface area contributed by atoms with E-state index in [9.17, 15) is 9.59 Å². The molecule has 6 nitrogen and oxygen atoms in total. The third kappa shape index (κ3) is 4.29. The molecule has 2 amide bonds. The van der Waals surface area contributed by atoms with Crippen molar-refractivity contribution in [1.29, 1.82) is 0 Å². The summed E-state index contributed by atoms with van der Waals surface area (Å²) in [5.41, 5.74) is 0.708. The van der Waals surface area contributed by atoms with Gasteiger partial charge in [-0.2, -0.15) is 0 Å². The van der Waals surface area contributed by atoms with Crippen LogP contribution in [0.2, 0.25) is 0 Å². The standard InChI is InChI=1S/C20H26N4O2S/c25-18(14-27-20-21-16-8-4-5-9-17(16)22-20)23-10-12-24(13-11-23)19(26)15-6-2-1-3-7-15/h1-3,6-7,16-17H,4-5,8-14H2,(H,21,22)/t16-,17-/m0/s1. The highest BCUT2D eigenvalue weighted by atomic mass is 32.2. The van der Waals surface area contributed by atoms with E-state index in [2.05, 4.69) is 5.32 Å². The average molecular weight is 387 g/mol. The lowest BCUT2D eigenvalue weighted by atomic mass is 9.92. The van der Waals surface area contributed by atoms with Gasteiger partial charge in [0.15, 0.2) is 5.17 Å². The number of carbonyl (C=O) groups is 2. The molecule has 1 N–H and O–H groups in total. The summed E-state index contributed by atoms with van der Waals surface area (Å²) in [7, 11) is 0. The first-order chi connectivity index (χ1) is 13.2. The molecule has 1 saturated heterocycles. The van der Waals surface area contributed by atoms with Crippen LogP contribution in [0.25, 0.3) is 0 Å². The Morgan fingerprint density at radius 3 is 2.48 bits per heavy atom. The number of aliphatic imine (C=N–C) groups is 1. The van der Waals surface area contributed by atoms with Crippen LogP contribution in [-0.4, -0.2) is 70.8 Å². The van der Waals surface area contributed by atoms with Crippen LogP contribution in [0.4, 0.5) is 0 Å². The molecule has 0 aromatic heterocycles. The van der Waals surface area contributed by atoms with E-state index in [1.807, 2.05) is 40.1 Å². The van der Waals surface area contributed by atoms with Gasteiger partial charge in [-0.15, -0.1) is 0 Å². The third-order valence-electron chi connectivity index (χ3n) is 5.59. The van der Waals surface area contributed by atoms with Crippen LogP contribution in [0, 0.1) is 0 Å². The zero-order chi connectivity index (χ0) is 18.6. The van der Waals surface area contributed by atoms with E-state index in [0.29, 0.717) is 49.6 Å². The van der Waals surface area contributed by atoms with Gasteiger partial charge in [-0.1, -0.05) is 42.8 Å². The molecular weight excluding hydrogens is 360 g/mol. The van der Waals surface area contributed by atoms with Crippen LogP contribution < -0.4 is 5.32 Å². The number of hydrogen-bond donors (Lipinski definition) is 1. The summed E-state index contributed by atoms with van der Waals surface area (Å²) in [5, 5.41) is 4.41. The van der Waals surface area contributed by atoms with Gasteiger partial charge in [0.2, 0.25) is 5.91 Å². The lowest BCUT2D eigenvalue weighted by Crippen LogP contribution is -2.51. The molecule has 1 aromatic carbocycles. The van der Waals surface area contributed by atoms with Crippen molar-refractivity contribution in [2.45, 2.75) is 37.8 Å². The molecule has 0 unspecified atom stereocenters. The molecule has 3 aliphatic rings. The number of fused-ring (bicyclic) bond motifs is 1. The van der Waals surface area contributed by atoms with Crippen LogP contribution in [-0.2, 0) is 4.79 Å².